The molecule has 0 unspecified atom stereocenters. The summed E-state index contributed by atoms with van der Waals surface area (Å²) in [5.74, 6) is 0.872. The lowest BCUT2D eigenvalue weighted by atomic mass is 10.0. The molecular weight excluding hydrogens is 514 g/mol. The monoisotopic (exact) mass is 543 g/mol. The molecule has 0 spiro atoms. The van der Waals surface area contributed by atoms with Gasteiger partial charge in [0.1, 0.15) is 5.75 Å². The molecule has 0 bridgehead atoms. The minimum Gasteiger partial charge on any atom is -0.494 e. The van der Waals surface area contributed by atoms with Crippen molar-refractivity contribution in [2.45, 2.75) is 20.8 Å². The Morgan fingerprint density at radius 1 is 0.917 bits per heavy atom. The molecule has 1 amide bonds. The van der Waals surface area contributed by atoms with Crippen LogP contribution in [0.4, 0.5) is 5.69 Å². The van der Waals surface area contributed by atoms with Gasteiger partial charge in [-0.3, -0.25) is 4.79 Å². The standard InChI is InChI=1S/C30H30BrN3O2/c1-4-36-25-8-5-22(6-9-25)29-19-27(26-18-23(31)7-10-28(26)32-29)30(35)34-13-11-33(12-14-34)24-16-20(2)15-21(3)17-24/h5-10,15-19H,4,11-14H2,1-3H3. The molecule has 0 atom stereocenters. The SMILES string of the molecule is CCOc1ccc(-c2cc(C(=O)N3CCN(c4cc(C)cc(C)c4)CC3)c3cc(Br)ccc3n2)cc1. The second-order valence-corrected chi connectivity index (χ2v) is 10.2. The molecule has 0 N–H and O–H groups in total. The van der Waals surface area contributed by atoms with Crippen LogP contribution in [0, 0.1) is 13.8 Å². The number of hydrogen-bond donors (Lipinski definition) is 0. The number of aromatic nitrogens is 1. The Morgan fingerprint density at radius 2 is 1.61 bits per heavy atom. The van der Waals surface area contributed by atoms with E-state index in [-0.39, 0.29) is 5.91 Å². The number of piperazine rings is 1. The third-order valence-corrected chi connectivity index (χ3v) is 7.09. The van der Waals surface area contributed by atoms with E-state index in [1.807, 2.05) is 60.4 Å². The van der Waals surface area contributed by atoms with Crippen molar-refractivity contribution in [2.24, 2.45) is 0 Å². The Kier molecular flexibility index (Phi) is 6.97. The van der Waals surface area contributed by atoms with Crippen LogP contribution in [0.1, 0.15) is 28.4 Å². The maximum absolute atomic E-state index is 13.8. The van der Waals surface area contributed by atoms with E-state index in [2.05, 4.69) is 52.9 Å². The Hall–Kier alpha value is -3.38. The second-order valence-electron chi connectivity index (χ2n) is 9.30. The van der Waals surface area contributed by atoms with Crippen LogP contribution >= 0.6 is 15.9 Å². The highest BCUT2D eigenvalue weighted by atomic mass is 79.9. The molecule has 5 rings (SSSR count). The van der Waals surface area contributed by atoms with E-state index < -0.39 is 0 Å². The molecule has 0 saturated carbocycles. The lowest BCUT2D eigenvalue weighted by Crippen LogP contribution is -2.48. The molecule has 36 heavy (non-hydrogen) atoms. The number of nitrogens with zero attached hydrogens (tertiary/aromatic N) is 3. The largest absolute Gasteiger partial charge is 0.494 e. The van der Waals surface area contributed by atoms with Crippen LogP contribution < -0.4 is 9.64 Å². The zero-order chi connectivity index (χ0) is 25.2. The number of halogens is 1. The van der Waals surface area contributed by atoms with Gasteiger partial charge in [-0.1, -0.05) is 22.0 Å². The molecule has 0 aliphatic carbocycles. The molecule has 3 aromatic carbocycles. The van der Waals surface area contributed by atoms with Crippen LogP contribution in [0.3, 0.4) is 0 Å². The van der Waals surface area contributed by atoms with Gasteiger partial charge >= 0.3 is 0 Å². The molecule has 1 aromatic heterocycles. The number of carbonyl (C=O) groups is 1. The summed E-state index contributed by atoms with van der Waals surface area (Å²) in [4.78, 5) is 23.1. The van der Waals surface area contributed by atoms with E-state index in [1.54, 1.807) is 0 Å². The van der Waals surface area contributed by atoms with Crippen molar-refractivity contribution in [1.82, 2.24) is 9.88 Å². The van der Waals surface area contributed by atoms with Gasteiger partial charge in [-0.05, 0) is 92.6 Å². The Balaban J connectivity index is 1.44. The van der Waals surface area contributed by atoms with Crippen molar-refractivity contribution >= 4 is 38.4 Å². The summed E-state index contributed by atoms with van der Waals surface area (Å²) in [5.41, 5.74) is 6.99. The summed E-state index contributed by atoms with van der Waals surface area (Å²) in [7, 11) is 0. The van der Waals surface area contributed by atoms with Gasteiger partial charge in [-0.2, -0.15) is 0 Å². The molecular formula is C30H30BrN3O2. The smallest absolute Gasteiger partial charge is 0.254 e. The number of aryl methyl sites for hydroxylation is 2. The first-order valence-electron chi connectivity index (χ1n) is 12.4. The van der Waals surface area contributed by atoms with Gasteiger partial charge in [0, 0.05) is 47.3 Å². The first-order valence-corrected chi connectivity index (χ1v) is 13.2. The number of anilines is 1. The molecule has 1 aliphatic rings. The Bertz CT molecular complexity index is 1390. The van der Waals surface area contributed by atoms with Crippen molar-refractivity contribution in [2.75, 3.05) is 37.7 Å². The summed E-state index contributed by atoms with van der Waals surface area (Å²) >= 11 is 3.57. The number of carbonyl (C=O) groups excluding carboxylic acids is 1. The quantitative estimate of drug-likeness (QED) is 0.283. The zero-order valence-corrected chi connectivity index (χ0v) is 22.5. The molecule has 1 fully saturated rings. The van der Waals surface area contributed by atoms with Crippen LogP contribution in [-0.2, 0) is 0 Å². The van der Waals surface area contributed by atoms with Crippen molar-refractivity contribution in [3.8, 4) is 17.0 Å². The molecule has 1 aliphatic heterocycles. The maximum Gasteiger partial charge on any atom is 0.254 e. The van der Waals surface area contributed by atoms with Gasteiger partial charge in [-0.25, -0.2) is 4.98 Å². The summed E-state index contributed by atoms with van der Waals surface area (Å²) in [6.45, 7) is 9.84. The van der Waals surface area contributed by atoms with Gasteiger partial charge in [0.05, 0.1) is 23.4 Å². The molecule has 0 radical (unpaired) electrons. The van der Waals surface area contributed by atoms with Crippen molar-refractivity contribution in [1.29, 1.82) is 0 Å². The highest BCUT2D eigenvalue weighted by molar-refractivity contribution is 9.10. The highest BCUT2D eigenvalue weighted by Gasteiger charge is 2.25. The normalized spacial score (nSPS) is 13.8. The fraction of sp³-hybridized carbons (Fsp3) is 0.267. The average molecular weight is 544 g/mol. The number of amides is 1. The van der Waals surface area contributed by atoms with E-state index >= 15 is 0 Å². The van der Waals surface area contributed by atoms with Crippen LogP contribution in [0.25, 0.3) is 22.2 Å². The van der Waals surface area contributed by atoms with Crippen LogP contribution in [-0.4, -0.2) is 48.6 Å². The Labute approximate surface area is 220 Å². The molecule has 6 heteroatoms. The first kappa shape index (κ1) is 24.3. The van der Waals surface area contributed by atoms with Gasteiger partial charge in [-0.15, -0.1) is 0 Å². The van der Waals surface area contributed by atoms with Gasteiger partial charge in [0.15, 0.2) is 0 Å². The summed E-state index contributed by atoms with van der Waals surface area (Å²) < 4.78 is 6.51. The van der Waals surface area contributed by atoms with E-state index in [0.29, 0.717) is 25.3 Å². The minimum absolute atomic E-state index is 0.0489. The second kappa shape index (κ2) is 10.3. The number of pyridine rings is 1. The summed E-state index contributed by atoms with van der Waals surface area (Å²) in [6.07, 6.45) is 0. The topological polar surface area (TPSA) is 45.7 Å². The predicted octanol–water partition coefficient (Wildman–Crippen LogP) is 6.64. The number of fused-ring (bicyclic) bond motifs is 1. The van der Waals surface area contributed by atoms with E-state index in [9.17, 15) is 4.79 Å². The lowest BCUT2D eigenvalue weighted by molar-refractivity contribution is 0.0748. The third-order valence-electron chi connectivity index (χ3n) is 6.60. The first-order chi connectivity index (χ1) is 17.4. The zero-order valence-electron chi connectivity index (χ0n) is 20.9. The van der Waals surface area contributed by atoms with E-state index in [4.69, 9.17) is 9.72 Å². The van der Waals surface area contributed by atoms with Crippen molar-refractivity contribution in [3.05, 3.63) is 87.9 Å². The van der Waals surface area contributed by atoms with Crippen LogP contribution in [0.15, 0.2) is 71.2 Å². The molecule has 5 nitrogen and oxygen atoms in total. The van der Waals surface area contributed by atoms with E-state index in [0.717, 1.165) is 45.5 Å². The highest BCUT2D eigenvalue weighted by Crippen LogP contribution is 2.30. The number of benzene rings is 3. The number of hydrogen-bond acceptors (Lipinski definition) is 4. The number of ether oxygens (including phenoxy) is 1. The fourth-order valence-corrected chi connectivity index (χ4v) is 5.24. The Morgan fingerprint density at radius 3 is 2.28 bits per heavy atom. The van der Waals surface area contributed by atoms with Crippen molar-refractivity contribution in [3.63, 3.8) is 0 Å². The average Bonchev–Trinajstić information content (AvgIpc) is 2.88. The fourth-order valence-electron chi connectivity index (χ4n) is 4.88. The minimum atomic E-state index is 0.0489. The van der Waals surface area contributed by atoms with Crippen LogP contribution in [0.5, 0.6) is 5.75 Å². The van der Waals surface area contributed by atoms with E-state index in [1.165, 1.54) is 16.8 Å². The molecule has 184 valence electrons. The third kappa shape index (κ3) is 5.09. The lowest BCUT2D eigenvalue weighted by Gasteiger charge is -2.36. The summed E-state index contributed by atoms with van der Waals surface area (Å²) in [5, 5.41) is 0.862. The van der Waals surface area contributed by atoms with Gasteiger partial charge in [0.2, 0.25) is 0 Å². The van der Waals surface area contributed by atoms with Crippen LogP contribution in [0.2, 0.25) is 0 Å². The molecule has 1 saturated heterocycles. The van der Waals surface area contributed by atoms with Gasteiger partial charge in [0.25, 0.3) is 5.91 Å². The predicted molar refractivity (Wildman–Crippen MR) is 150 cm³/mol. The maximum atomic E-state index is 13.8. The summed E-state index contributed by atoms with van der Waals surface area (Å²) in [6, 6.07) is 22.4. The van der Waals surface area contributed by atoms with Crippen molar-refractivity contribution < 1.29 is 9.53 Å². The molecule has 2 heterocycles. The molecule has 4 aromatic rings. The number of rotatable bonds is 5. The van der Waals surface area contributed by atoms with Gasteiger partial charge < -0.3 is 14.5 Å².